The van der Waals surface area contributed by atoms with Gasteiger partial charge in [-0.2, -0.15) is 8.78 Å². The lowest BCUT2D eigenvalue weighted by atomic mass is 10.1. The van der Waals surface area contributed by atoms with Crippen LogP contribution in [0.5, 0.6) is 11.5 Å². The fourth-order valence-corrected chi connectivity index (χ4v) is 2.67. The summed E-state index contributed by atoms with van der Waals surface area (Å²) in [7, 11) is 1.70. The quantitative estimate of drug-likeness (QED) is 0.622. The Kier molecular flexibility index (Phi) is 9.51. The molecule has 8 heteroatoms. The fraction of sp³-hybridized carbons (Fsp3) is 0.350. The summed E-state index contributed by atoms with van der Waals surface area (Å²) < 4.78 is 34.8. The van der Waals surface area contributed by atoms with E-state index in [2.05, 4.69) is 4.74 Å². The van der Waals surface area contributed by atoms with Gasteiger partial charge in [0.05, 0.1) is 6.61 Å². The van der Waals surface area contributed by atoms with Gasteiger partial charge in [-0.15, -0.1) is 12.4 Å². The zero-order valence-corrected chi connectivity index (χ0v) is 16.7. The van der Waals surface area contributed by atoms with Gasteiger partial charge in [0, 0.05) is 25.7 Å². The molecule has 0 aliphatic rings. The second-order valence-corrected chi connectivity index (χ2v) is 6.04. The van der Waals surface area contributed by atoms with Gasteiger partial charge in [-0.05, 0) is 42.7 Å². The smallest absolute Gasteiger partial charge is 0.387 e. The third kappa shape index (κ3) is 6.88. The Morgan fingerprint density at radius 2 is 1.89 bits per heavy atom. The summed E-state index contributed by atoms with van der Waals surface area (Å²) in [4.78, 5) is 14.0. The number of carbonyl (C=O) groups is 1. The van der Waals surface area contributed by atoms with E-state index < -0.39 is 6.61 Å². The molecule has 0 heterocycles. The second kappa shape index (κ2) is 11.3. The van der Waals surface area contributed by atoms with Gasteiger partial charge < -0.3 is 20.1 Å². The molecule has 0 radical (unpaired) electrons. The second-order valence-electron chi connectivity index (χ2n) is 6.04. The van der Waals surface area contributed by atoms with Crippen LogP contribution in [0.25, 0.3) is 0 Å². The molecular weight excluding hydrogens is 390 g/mol. The molecule has 154 valence electrons. The van der Waals surface area contributed by atoms with E-state index in [4.69, 9.17) is 10.5 Å². The van der Waals surface area contributed by atoms with Crippen molar-refractivity contribution in [1.82, 2.24) is 4.90 Å². The summed E-state index contributed by atoms with van der Waals surface area (Å²) in [5.41, 5.74) is 8.26. The van der Waals surface area contributed by atoms with Gasteiger partial charge in [0.25, 0.3) is 0 Å². The summed E-state index contributed by atoms with van der Waals surface area (Å²) in [6, 6.07) is 12.1. The number of aryl methyl sites for hydroxylation is 1. The molecule has 0 spiro atoms. The number of nitrogen functional groups attached to an aromatic ring is 1. The van der Waals surface area contributed by atoms with E-state index in [1.807, 2.05) is 24.3 Å². The Labute approximate surface area is 169 Å². The lowest BCUT2D eigenvalue weighted by Crippen LogP contribution is -2.26. The minimum atomic E-state index is -2.93. The minimum absolute atomic E-state index is 0. The van der Waals surface area contributed by atoms with Crippen molar-refractivity contribution in [3.05, 3.63) is 53.6 Å². The van der Waals surface area contributed by atoms with Crippen LogP contribution in [-0.4, -0.2) is 31.1 Å². The van der Waals surface area contributed by atoms with Crippen LogP contribution < -0.4 is 15.2 Å². The molecule has 2 N–H and O–H groups in total. The van der Waals surface area contributed by atoms with Crippen molar-refractivity contribution in [1.29, 1.82) is 0 Å². The van der Waals surface area contributed by atoms with E-state index in [9.17, 15) is 13.6 Å². The molecule has 28 heavy (non-hydrogen) atoms. The maximum absolute atomic E-state index is 12.5. The SMILES string of the molecule is CCOc1cc(CN(C)C(=O)CCc2ccccc2N)ccc1OC(F)F.Cl. The number of nitrogens with two attached hydrogens (primary N) is 1. The lowest BCUT2D eigenvalue weighted by molar-refractivity contribution is -0.130. The van der Waals surface area contributed by atoms with Crippen LogP contribution in [-0.2, 0) is 17.8 Å². The van der Waals surface area contributed by atoms with E-state index in [0.717, 1.165) is 11.1 Å². The molecule has 0 fully saturated rings. The number of benzene rings is 2. The van der Waals surface area contributed by atoms with E-state index in [0.29, 0.717) is 31.7 Å². The molecule has 0 unspecified atom stereocenters. The Morgan fingerprint density at radius 3 is 2.54 bits per heavy atom. The molecule has 2 aromatic rings. The molecule has 2 rings (SSSR count). The first-order valence-electron chi connectivity index (χ1n) is 8.68. The summed E-state index contributed by atoms with van der Waals surface area (Å²) >= 11 is 0. The highest BCUT2D eigenvalue weighted by molar-refractivity contribution is 5.85. The van der Waals surface area contributed by atoms with Crippen LogP contribution in [0.4, 0.5) is 14.5 Å². The topological polar surface area (TPSA) is 64.8 Å². The number of hydrogen-bond acceptors (Lipinski definition) is 4. The van der Waals surface area contributed by atoms with Crippen LogP contribution in [0.3, 0.4) is 0 Å². The summed E-state index contributed by atoms with van der Waals surface area (Å²) in [6.07, 6.45) is 0.886. The number of nitrogens with zero attached hydrogens (tertiary/aromatic N) is 1. The van der Waals surface area contributed by atoms with Crippen molar-refractivity contribution in [2.45, 2.75) is 32.9 Å². The van der Waals surface area contributed by atoms with Crippen molar-refractivity contribution >= 4 is 24.0 Å². The number of anilines is 1. The van der Waals surface area contributed by atoms with E-state index in [1.54, 1.807) is 31.0 Å². The molecule has 1 amide bonds. The molecule has 0 saturated heterocycles. The Hall–Kier alpha value is -2.54. The molecule has 5 nitrogen and oxygen atoms in total. The maximum atomic E-state index is 12.5. The van der Waals surface area contributed by atoms with E-state index >= 15 is 0 Å². The van der Waals surface area contributed by atoms with Crippen molar-refractivity contribution in [2.75, 3.05) is 19.4 Å². The highest BCUT2D eigenvalue weighted by atomic mass is 35.5. The predicted octanol–water partition coefficient (Wildman–Crippen LogP) is 4.28. The zero-order valence-electron chi connectivity index (χ0n) is 15.9. The van der Waals surface area contributed by atoms with Crippen molar-refractivity contribution < 1.29 is 23.0 Å². The van der Waals surface area contributed by atoms with Gasteiger partial charge in [0.1, 0.15) is 0 Å². The van der Waals surface area contributed by atoms with Gasteiger partial charge in [0.2, 0.25) is 5.91 Å². The molecule has 0 aromatic heterocycles. The van der Waals surface area contributed by atoms with Crippen molar-refractivity contribution in [2.24, 2.45) is 0 Å². The van der Waals surface area contributed by atoms with E-state index in [-0.39, 0.29) is 29.8 Å². The van der Waals surface area contributed by atoms with Crippen LogP contribution in [0.1, 0.15) is 24.5 Å². The summed E-state index contributed by atoms with van der Waals surface area (Å²) in [5.74, 6) is 0.168. The largest absolute Gasteiger partial charge is 0.490 e. The third-order valence-corrected chi connectivity index (χ3v) is 4.03. The first-order valence-corrected chi connectivity index (χ1v) is 8.68. The molecule has 0 atom stereocenters. The Morgan fingerprint density at radius 1 is 1.18 bits per heavy atom. The van der Waals surface area contributed by atoms with Gasteiger partial charge in [-0.1, -0.05) is 24.3 Å². The standard InChI is InChI=1S/C20H24F2N2O3.ClH/c1-3-26-18-12-14(8-10-17(18)27-20(21)22)13-24(2)19(25)11-9-15-6-4-5-7-16(15)23;/h4-8,10,12,20H,3,9,11,13,23H2,1-2H3;1H. The number of halogens is 3. The number of ether oxygens (including phenoxy) is 2. The first-order chi connectivity index (χ1) is 12.9. The normalized spacial score (nSPS) is 10.3. The molecule has 0 saturated carbocycles. The van der Waals surface area contributed by atoms with Crippen LogP contribution in [0.2, 0.25) is 0 Å². The summed E-state index contributed by atoms with van der Waals surface area (Å²) in [5, 5.41) is 0. The number of rotatable bonds is 9. The zero-order chi connectivity index (χ0) is 19.8. The van der Waals surface area contributed by atoms with Crippen molar-refractivity contribution in [3.63, 3.8) is 0 Å². The molecular formula is C20H25ClF2N2O3. The number of para-hydroxylation sites is 1. The van der Waals surface area contributed by atoms with Crippen LogP contribution in [0, 0.1) is 0 Å². The van der Waals surface area contributed by atoms with Gasteiger partial charge in [-0.25, -0.2) is 0 Å². The molecule has 0 aliphatic heterocycles. The van der Waals surface area contributed by atoms with Crippen LogP contribution >= 0.6 is 12.4 Å². The number of alkyl halides is 2. The van der Waals surface area contributed by atoms with E-state index in [1.165, 1.54) is 6.07 Å². The van der Waals surface area contributed by atoms with Gasteiger partial charge >= 0.3 is 6.61 Å². The Balaban J connectivity index is 0.00000392. The maximum Gasteiger partial charge on any atom is 0.387 e. The lowest BCUT2D eigenvalue weighted by Gasteiger charge is -2.19. The third-order valence-electron chi connectivity index (χ3n) is 4.03. The summed E-state index contributed by atoms with van der Waals surface area (Å²) in [6.45, 7) is -0.525. The molecule has 0 aliphatic carbocycles. The number of amides is 1. The van der Waals surface area contributed by atoms with Gasteiger partial charge in [0.15, 0.2) is 11.5 Å². The van der Waals surface area contributed by atoms with Crippen molar-refractivity contribution in [3.8, 4) is 11.5 Å². The highest BCUT2D eigenvalue weighted by Crippen LogP contribution is 2.30. The van der Waals surface area contributed by atoms with Gasteiger partial charge in [-0.3, -0.25) is 4.79 Å². The fourth-order valence-electron chi connectivity index (χ4n) is 2.67. The monoisotopic (exact) mass is 414 g/mol. The highest BCUT2D eigenvalue weighted by Gasteiger charge is 2.14. The average Bonchev–Trinajstić information content (AvgIpc) is 2.62. The number of hydrogen-bond donors (Lipinski definition) is 1. The van der Waals surface area contributed by atoms with Crippen LogP contribution in [0.15, 0.2) is 42.5 Å². The Bertz CT molecular complexity index is 775. The average molecular weight is 415 g/mol. The predicted molar refractivity (Wildman–Crippen MR) is 107 cm³/mol. The number of carbonyl (C=O) groups excluding carboxylic acids is 1. The molecule has 0 bridgehead atoms. The molecule has 2 aromatic carbocycles. The minimum Gasteiger partial charge on any atom is -0.490 e. The first kappa shape index (κ1) is 23.5.